The molecule has 3 N–H and O–H groups in total. The van der Waals surface area contributed by atoms with Gasteiger partial charge in [-0.2, -0.15) is 0 Å². The SMILES string of the molecule is CC1(C)CC(NC(=O)c2cccc(F)c2)CC(C)(C)[NH2+]1. The number of halogens is 1. The van der Waals surface area contributed by atoms with Crippen molar-refractivity contribution >= 4 is 5.91 Å². The van der Waals surface area contributed by atoms with Gasteiger partial charge < -0.3 is 10.6 Å². The molecule has 0 radical (unpaired) electrons. The normalized spacial score (nSPS) is 21.4. The number of nitrogens with one attached hydrogen (secondary N) is 1. The van der Waals surface area contributed by atoms with Crippen molar-refractivity contribution in [3.63, 3.8) is 0 Å². The highest BCUT2D eigenvalue weighted by molar-refractivity contribution is 5.94. The number of amides is 1. The minimum absolute atomic E-state index is 0.0988. The summed E-state index contributed by atoms with van der Waals surface area (Å²) in [6, 6.07) is 5.95. The molecule has 0 spiro atoms. The van der Waals surface area contributed by atoms with Gasteiger partial charge in [-0.1, -0.05) is 6.07 Å². The maximum atomic E-state index is 13.2. The summed E-state index contributed by atoms with van der Waals surface area (Å²) in [5.74, 6) is -0.571. The number of piperidine rings is 1. The monoisotopic (exact) mass is 279 g/mol. The predicted molar refractivity (Wildman–Crippen MR) is 77.0 cm³/mol. The van der Waals surface area contributed by atoms with Crippen molar-refractivity contribution in [2.75, 3.05) is 0 Å². The lowest BCUT2D eigenvalue weighted by atomic mass is 9.79. The molecule has 1 aliphatic heterocycles. The van der Waals surface area contributed by atoms with Gasteiger partial charge in [0.25, 0.3) is 5.91 Å². The van der Waals surface area contributed by atoms with Gasteiger partial charge in [-0.25, -0.2) is 4.39 Å². The summed E-state index contributed by atoms with van der Waals surface area (Å²) >= 11 is 0. The van der Waals surface area contributed by atoms with E-state index in [1.165, 1.54) is 12.1 Å². The molecule has 0 aliphatic carbocycles. The van der Waals surface area contributed by atoms with Crippen molar-refractivity contribution in [3.05, 3.63) is 35.6 Å². The first-order valence-corrected chi connectivity index (χ1v) is 7.10. The molecule has 1 saturated heterocycles. The molecule has 0 bridgehead atoms. The zero-order valence-corrected chi connectivity index (χ0v) is 12.7. The highest BCUT2D eigenvalue weighted by Crippen LogP contribution is 2.22. The van der Waals surface area contributed by atoms with Gasteiger partial charge in [-0.05, 0) is 45.9 Å². The van der Waals surface area contributed by atoms with E-state index in [-0.39, 0.29) is 28.8 Å². The van der Waals surface area contributed by atoms with E-state index in [0.29, 0.717) is 5.56 Å². The van der Waals surface area contributed by atoms with Crippen LogP contribution in [0, 0.1) is 5.82 Å². The van der Waals surface area contributed by atoms with Gasteiger partial charge in [0.05, 0.1) is 11.1 Å². The molecule has 1 amide bonds. The lowest BCUT2D eigenvalue weighted by molar-refractivity contribution is -0.787. The van der Waals surface area contributed by atoms with Crippen LogP contribution in [0.5, 0.6) is 0 Å². The maximum absolute atomic E-state index is 13.2. The number of nitrogens with two attached hydrogens (primary N) is 1. The van der Waals surface area contributed by atoms with Crippen molar-refractivity contribution < 1.29 is 14.5 Å². The summed E-state index contributed by atoms with van der Waals surface area (Å²) in [6.07, 6.45) is 1.83. The van der Waals surface area contributed by atoms with E-state index in [2.05, 4.69) is 38.3 Å². The van der Waals surface area contributed by atoms with Crippen LogP contribution in [0.4, 0.5) is 4.39 Å². The number of carbonyl (C=O) groups excluding carboxylic acids is 1. The van der Waals surface area contributed by atoms with Gasteiger partial charge in [-0.3, -0.25) is 4.79 Å². The number of hydrogen-bond donors (Lipinski definition) is 2. The van der Waals surface area contributed by atoms with Crippen molar-refractivity contribution in [1.82, 2.24) is 5.32 Å². The molecule has 110 valence electrons. The van der Waals surface area contributed by atoms with E-state index in [1.807, 2.05) is 0 Å². The van der Waals surface area contributed by atoms with Crippen LogP contribution in [0.15, 0.2) is 24.3 Å². The second kappa shape index (κ2) is 5.17. The van der Waals surface area contributed by atoms with Crippen LogP contribution in [0.3, 0.4) is 0 Å². The number of carbonyl (C=O) groups is 1. The average molecular weight is 279 g/mol. The summed E-state index contributed by atoms with van der Waals surface area (Å²) in [7, 11) is 0. The summed E-state index contributed by atoms with van der Waals surface area (Å²) < 4.78 is 13.2. The fraction of sp³-hybridized carbons (Fsp3) is 0.562. The second-order valence-corrected chi connectivity index (χ2v) is 7.21. The van der Waals surface area contributed by atoms with E-state index in [1.54, 1.807) is 12.1 Å². The molecular weight excluding hydrogens is 255 g/mol. The molecule has 1 aliphatic rings. The Morgan fingerprint density at radius 1 is 1.25 bits per heavy atom. The number of rotatable bonds is 2. The molecule has 0 aromatic heterocycles. The molecule has 1 aromatic rings. The highest BCUT2D eigenvalue weighted by atomic mass is 19.1. The lowest BCUT2D eigenvalue weighted by Gasteiger charge is -2.43. The standard InChI is InChI=1S/C16H23FN2O/c1-15(2)9-13(10-16(3,4)19-15)18-14(20)11-6-5-7-12(17)8-11/h5-8,13,19H,9-10H2,1-4H3,(H,18,20)/p+1. The molecule has 1 aromatic carbocycles. The zero-order valence-electron chi connectivity index (χ0n) is 12.7. The van der Waals surface area contributed by atoms with Crippen LogP contribution in [0.2, 0.25) is 0 Å². The van der Waals surface area contributed by atoms with Crippen molar-refractivity contribution in [3.8, 4) is 0 Å². The maximum Gasteiger partial charge on any atom is 0.251 e. The zero-order chi connectivity index (χ0) is 15.0. The third kappa shape index (κ3) is 3.79. The Labute approximate surface area is 120 Å². The Bertz CT molecular complexity index is 495. The molecule has 20 heavy (non-hydrogen) atoms. The smallest absolute Gasteiger partial charge is 0.251 e. The molecule has 1 heterocycles. The van der Waals surface area contributed by atoms with Crippen LogP contribution in [-0.2, 0) is 0 Å². The fourth-order valence-electron chi connectivity index (χ4n) is 3.52. The minimum Gasteiger partial charge on any atom is -0.349 e. The second-order valence-electron chi connectivity index (χ2n) is 7.21. The first kappa shape index (κ1) is 15.0. The van der Waals surface area contributed by atoms with Gasteiger partial charge in [0.15, 0.2) is 0 Å². The Morgan fingerprint density at radius 2 is 1.85 bits per heavy atom. The van der Waals surface area contributed by atoms with E-state index >= 15 is 0 Å². The largest absolute Gasteiger partial charge is 0.349 e. The fourth-order valence-corrected chi connectivity index (χ4v) is 3.52. The van der Waals surface area contributed by atoms with Crippen LogP contribution in [0.25, 0.3) is 0 Å². The van der Waals surface area contributed by atoms with Gasteiger partial charge in [0, 0.05) is 24.4 Å². The van der Waals surface area contributed by atoms with E-state index < -0.39 is 0 Å². The summed E-state index contributed by atoms with van der Waals surface area (Å²) in [4.78, 5) is 12.2. The quantitative estimate of drug-likeness (QED) is 0.852. The average Bonchev–Trinajstić information content (AvgIpc) is 2.24. The molecule has 4 heteroatoms. The molecule has 2 rings (SSSR count). The molecular formula is C16H24FN2O+. The van der Waals surface area contributed by atoms with E-state index in [4.69, 9.17) is 0 Å². The van der Waals surface area contributed by atoms with Crippen molar-refractivity contribution in [1.29, 1.82) is 0 Å². The van der Waals surface area contributed by atoms with Gasteiger partial charge in [0.1, 0.15) is 5.82 Å². The molecule has 1 fully saturated rings. The van der Waals surface area contributed by atoms with Crippen molar-refractivity contribution in [2.45, 2.75) is 57.7 Å². The van der Waals surface area contributed by atoms with Gasteiger partial charge in [-0.15, -0.1) is 0 Å². The highest BCUT2D eigenvalue weighted by Gasteiger charge is 2.42. The Hall–Kier alpha value is -1.42. The third-order valence-electron chi connectivity index (χ3n) is 3.75. The molecule has 0 atom stereocenters. The van der Waals surface area contributed by atoms with Crippen LogP contribution >= 0.6 is 0 Å². The summed E-state index contributed by atoms with van der Waals surface area (Å²) in [5, 5.41) is 5.41. The third-order valence-corrected chi connectivity index (χ3v) is 3.75. The Kier molecular flexibility index (Phi) is 3.87. The summed E-state index contributed by atoms with van der Waals surface area (Å²) in [5.41, 5.74) is 0.582. The van der Waals surface area contributed by atoms with Crippen LogP contribution in [0.1, 0.15) is 50.9 Å². The van der Waals surface area contributed by atoms with E-state index in [0.717, 1.165) is 12.8 Å². The van der Waals surface area contributed by atoms with Crippen LogP contribution < -0.4 is 10.6 Å². The van der Waals surface area contributed by atoms with Crippen LogP contribution in [-0.4, -0.2) is 23.0 Å². The number of hydrogen-bond acceptors (Lipinski definition) is 1. The molecule has 3 nitrogen and oxygen atoms in total. The van der Waals surface area contributed by atoms with Gasteiger partial charge in [0.2, 0.25) is 0 Å². The number of benzene rings is 1. The predicted octanol–water partition coefficient (Wildman–Crippen LogP) is 1.84. The first-order valence-electron chi connectivity index (χ1n) is 7.10. The Balaban J connectivity index is 2.08. The van der Waals surface area contributed by atoms with Crippen molar-refractivity contribution in [2.24, 2.45) is 0 Å². The van der Waals surface area contributed by atoms with Gasteiger partial charge >= 0.3 is 0 Å². The minimum atomic E-state index is -0.379. The molecule has 0 unspecified atom stereocenters. The molecule has 0 saturated carbocycles. The lowest BCUT2D eigenvalue weighted by Crippen LogP contribution is -3.06. The Morgan fingerprint density at radius 3 is 2.40 bits per heavy atom. The summed E-state index contributed by atoms with van der Waals surface area (Å²) in [6.45, 7) is 8.76. The van der Waals surface area contributed by atoms with E-state index in [9.17, 15) is 9.18 Å². The topological polar surface area (TPSA) is 45.7 Å². The number of quaternary nitrogens is 1. The first-order chi connectivity index (χ1) is 9.17.